The molecule has 2 fully saturated rings. The van der Waals surface area contributed by atoms with E-state index in [1.807, 2.05) is 62.4 Å². The number of halogens is 3. The molecule has 302 valence electrons. The largest absolute Gasteiger partial charge is 0.491 e. The lowest BCUT2D eigenvalue weighted by Gasteiger charge is -2.37. The van der Waals surface area contributed by atoms with Crippen LogP contribution in [0, 0.1) is 17.5 Å². The first-order valence-electron chi connectivity index (χ1n) is 19.2. The van der Waals surface area contributed by atoms with E-state index in [9.17, 15) is 18.0 Å². The number of rotatable bonds is 14. The van der Waals surface area contributed by atoms with Gasteiger partial charge in [0.25, 0.3) is 0 Å². The van der Waals surface area contributed by atoms with Crippen molar-refractivity contribution in [1.29, 1.82) is 0 Å². The van der Waals surface area contributed by atoms with E-state index in [1.165, 1.54) is 51.1 Å². The van der Waals surface area contributed by atoms with Gasteiger partial charge in [0, 0.05) is 67.3 Å². The van der Waals surface area contributed by atoms with Crippen molar-refractivity contribution in [1.82, 2.24) is 34.4 Å². The number of nitrogens with zero attached hydrogens (tertiary/aromatic N) is 8. The molecule has 16 heteroatoms. The maximum absolute atomic E-state index is 14.9. The smallest absolute Gasteiger partial charge is 0.350 e. The van der Waals surface area contributed by atoms with E-state index in [0.717, 1.165) is 49.3 Å². The Morgan fingerprint density at radius 2 is 1.53 bits per heavy atom. The van der Waals surface area contributed by atoms with Gasteiger partial charge in [-0.1, -0.05) is 18.2 Å². The van der Waals surface area contributed by atoms with Crippen molar-refractivity contribution in [3.63, 3.8) is 0 Å². The molecule has 4 atom stereocenters. The summed E-state index contributed by atoms with van der Waals surface area (Å²) in [6.07, 6.45) is 3.85. The van der Waals surface area contributed by atoms with E-state index in [-0.39, 0.29) is 48.9 Å². The van der Waals surface area contributed by atoms with Crippen LogP contribution in [0.25, 0.3) is 5.69 Å². The molecule has 6 aromatic rings. The summed E-state index contributed by atoms with van der Waals surface area (Å²) in [7, 11) is 0. The summed E-state index contributed by atoms with van der Waals surface area (Å²) in [6, 6.07) is 25.3. The predicted molar refractivity (Wildman–Crippen MR) is 210 cm³/mol. The first-order valence-corrected chi connectivity index (χ1v) is 19.2. The summed E-state index contributed by atoms with van der Waals surface area (Å²) in [5, 5.41) is 11.8. The summed E-state index contributed by atoms with van der Waals surface area (Å²) in [4.78, 5) is 22.0. The van der Waals surface area contributed by atoms with Gasteiger partial charge in [-0.25, -0.2) is 36.9 Å². The molecule has 0 bridgehead atoms. The van der Waals surface area contributed by atoms with Gasteiger partial charge in [0.1, 0.15) is 61.4 Å². The van der Waals surface area contributed by atoms with Gasteiger partial charge in [0.15, 0.2) is 0 Å². The molecular formula is C42H44F3N9O4. The third-order valence-electron chi connectivity index (χ3n) is 10.8. The quantitative estimate of drug-likeness (QED) is 0.153. The Kier molecular flexibility index (Phi) is 11.3. The molecule has 8 rings (SSSR count). The summed E-state index contributed by atoms with van der Waals surface area (Å²) in [5.74, 6) is -2.61. The lowest BCUT2D eigenvalue weighted by molar-refractivity contribution is -0.192. The molecule has 2 aliphatic heterocycles. The van der Waals surface area contributed by atoms with Gasteiger partial charge in [0.05, 0.1) is 18.3 Å². The Morgan fingerprint density at radius 1 is 0.845 bits per heavy atom. The standard InChI is InChI=1S/C42H44F3N9O4/c1-29(47-22-31-5-3-4-6-39(31)44)30(2)54-41(55)53(28-49-54)35-10-8-33(9-11-35)50-17-19-51(20-18-50)34-12-14-36(15-13-34)56-23-37-24-57-42(58-37,25-52-27-46-26-48-52)38-16-7-32(43)21-40(38)45/h3-16,21,26-30,37,47H,17-20,22-25H2,1-2H3. The van der Waals surface area contributed by atoms with Crippen LogP contribution in [-0.2, 0) is 28.4 Å². The molecule has 0 amide bonds. The van der Waals surface area contributed by atoms with Gasteiger partial charge in [-0.05, 0) is 80.6 Å². The summed E-state index contributed by atoms with van der Waals surface area (Å²) >= 11 is 0. The van der Waals surface area contributed by atoms with Crippen LogP contribution >= 0.6 is 0 Å². The SMILES string of the molecule is CC(NCc1ccccc1F)C(C)n1ncn(-c2ccc(N3CCN(c4ccc(OCC5COC(Cn6cncn6)(c6ccc(F)cc6F)O5)cc4)CC3)cc2)c1=O. The number of piperazine rings is 1. The molecule has 0 radical (unpaired) electrons. The highest BCUT2D eigenvalue weighted by Gasteiger charge is 2.46. The van der Waals surface area contributed by atoms with E-state index >= 15 is 0 Å². The molecule has 4 unspecified atom stereocenters. The van der Waals surface area contributed by atoms with Gasteiger partial charge in [-0.2, -0.15) is 10.2 Å². The van der Waals surface area contributed by atoms with E-state index in [2.05, 4.69) is 30.3 Å². The molecule has 0 aliphatic carbocycles. The minimum Gasteiger partial charge on any atom is -0.491 e. The molecule has 4 heterocycles. The number of ether oxygens (including phenoxy) is 3. The van der Waals surface area contributed by atoms with Crippen molar-refractivity contribution in [3.05, 3.63) is 149 Å². The molecule has 4 aromatic carbocycles. The maximum atomic E-state index is 14.9. The Morgan fingerprint density at radius 3 is 2.21 bits per heavy atom. The lowest BCUT2D eigenvalue weighted by atomic mass is 10.0. The summed E-state index contributed by atoms with van der Waals surface area (Å²) in [6.45, 7) is 7.79. The fourth-order valence-corrected chi connectivity index (χ4v) is 7.34. The van der Waals surface area contributed by atoms with Crippen LogP contribution in [0.5, 0.6) is 5.75 Å². The number of aromatic nitrogens is 6. The van der Waals surface area contributed by atoms with Crippen molar-refractivity contribution in [2.24, 2.45) is 0 Å². The number of benzene rings is 4. The lowest BCUT2D eigenvalue weighted by Crippen LogP contribution is -2.46. The predicted octanol–water partition coefficient (Wildman–Crippen LogP) is 5.46. The molecule has 13 nitrogen and oxygen atoms in total. The topological polar surface area (TPSA) is 117 Å². The first kappa shape index (κ1) is 38.9. The minimum atomic E-state index is -1.53. The normalized spacial score (nSPS) is 19.4. The van der Waals surface area contributed by atoms with Crippen LogP contribution in [0.4, 0.5) is 24.5 Å². The van der Waals surface area contributed by atoms with Crippen LogP contribution in [-0.4, -0.2) is 80.7 Å². The zero-order chi connectivity index (χ0) is 40.2. The van der Waals surface area contributed by atoms with Crippen molar-refractivity contribution in [2.75, 3.05) is 49.2 Å². The Bertz CT molecular complexity index is 2350. The monoisotopic (exact) mass is 795 g/mol. The number of nitrogens with one attached hydrogen (secondary N) is 1. The molecule has 58 heavy (non-hydrogen) atoms. The Hall–Kier alpha value is -5.97. The van der Waals surface area contributed by atoms with E-state index in [1.54, 1.807) is 18.2 Å². The highest BCUT2D eigenvalue weighted by molar-refractivity contribution is 5.54. The van der Waals surface area contributed by atoms with Crippen LogP contribution in [0.1, 0.15) is 31.0 Å². The van der Waals surface area contributed by atoms with E-state index in [4.69, 9.17) is 14.2 Å². The molecule has 2 aliphatic rings. The Labute approximate surface area is 333 Å². The van der Waals surface area contributed by atoms with Crippen molar-refractivity contribution in [3.8, 4) is 11.4 Å². The third-order valence-corrected chi connectivity index (χ3v) is 10.8. The maximum Gasteiger partial charge on any atom is 0.350 e. The molecule has 0 spiro atoms. The van der Waals surface area contributed by atoms with Crippen LogP contribution in [0.15, 0.2) is 115 Å². The summed E-state index contributed by atoms with van der Waals surface area (Å²) in [5.41, 5.74) is 3.26. The number of hydrogen-bond donors (Lipinski definition) is 1. The molecular weight excluding hydrogens is 752 g/mol. The average molecular weight is 796 g/mol. The molecule has 2 aromatic heterocycles. The zero-order valence-corrected chi connectivity index (χ0v) is 32.1. The van der Waals surface area contributed by atoms with E-state index in [0.29, 0.717) is 17.9 Å². The van der Waals surface area contributed by atoms with Crippen molar-refractivity contribution < 1.29 is 27.4 Å². The second-order valence-corrected chi connectivity index (χ2v) is 14.5. The zero-order valence-electron chi connectivity index (χ0n) is 32.1. The molecule has 2 saturated heterocycles. The van der Waals surface area contributed by atoms with Gasteiger partial charge < -0.3 is 29.3 Å². The average Bonchev–Trinajstić information content (AvgIpc) is 4.01. The molecule has 0 saturated carbocycles. The third kappa shape index (κ3) is 8.35. The van der Waals surface area contributed by atoms with Crippen LogP contribution in [0.3, 0.4) is 0 Å². The fraction of sp³-hybridized carbons (Fsp3) is 0.333. The van der Waals surface area contributed by atoms with Crippen molar-refractivity contribution >= 4 is 11.4 Å². The van der Waals surface area contributed by atoms with Crippen LogP contribution < -0.4 is 25.5 Å². The highest BCUT2D eigenvalue weighted by atomic mass is 19.1. The van der Waals surface area contributed by atoms with E-state index < -0.39 is 23.5 Å². The second-order valence-electron chi connectivity index (χ2n) is 14.5. The number of anilines is 2. The minimum absolute atomic E-state index is 0.0206. The first-order chi connectivity index (χ1) is 28.2. The number of hydrogen-bond acceptors (Lipinski definition) is 10. The van der Waals surface area contributed by atoms with Gasteiger partial charge in [0.2, 0.25) is 5.79 Å². The Balaban J connectivity index is 0.822. The summed E-state index contributed by atoms with van der Waals surface area (Å²) < 4.78 is 65.5. The van der Waals surface area contributed by atoms with Gasteiger partial charge in [-0.15, -0.1) is 0 Å². The van der Waals surface area contributed by atoms with Crippen molar-refractivity contribution in [2.45, 2.75) is 50.9 Å². The van der Waals surface area contributed by atoms with Crippen LogP contribution in [0.2, 0.25) is 0 Å². The van der Waals surface area contributed by atoms with Gasteiger partial charge in [-0.3, -0.25) is 0 Å². The second kappa shape index (κ2) is 16.9. The highest BCUT2D eigenvalue weighted by Crippen LogP contribution is 2.38. The van der Waals surface area contributed by atoms with Gasteiger partial charge >= 0.3 is 5.69 Å². The fourth-order valence-electron chi connectivity index (χ4n) is 7.34. The molecule has 1 N–H and O–H groups in total.